The summed E-state index contributed by atoms with van der Waals surface area (Å²) in [7, 11) is 1.65. The van der Waals surface area contributed by atoms with Crippen LogP contribution >= 0.6 is 0 Å². The van der Waals surface area contributed by atoms with E-state index in [0.29, 0.717) is 19.8 Å². The number of hydrogen-bond acceptors (Lipinski definition) is 2. The van der Waals surface area contributed by atoms with E-state index >= 15 is 0 Å². The van der Waals surface area contributed by atoms with Gasteiger partial charge >= 0.3 is 0 Å². The summed E-state index contributed by atoms with van der Waals surface area (Å²) in [6, 6.07) is 0. The summed E-state index contributed by atoms with van der Waals surface area (Å²) in [5, 5.41) is 0. The number of allylic oxidation sites excluding steroid dienone is 2. The molecule has 0 saturated heterocycles. The Balaban J connectivity index is 3.31. The summed E-state index contributed by atoms with van der Waals surface area (Å²) in [5.74, 6) is 0. The zero-order valence-corrected chi connectivity index (χ0v) is 7.58. The van der Waals surface area contributed by atoms with Crippen molar-refractivity contribution in [3.05, 3.63) is 37.0 Å². The van der Waals surface area contributed by atoms with E-state index in [1.165, 1.54) is 0 Å². The smallest absolute Gasteiger partial charge is 0.0712 e. The van der Waals surface area contributed by atoms with E-state index in [-0.39, 0.29) is 0 Å². The van der Waals surface area contributed by atoms with E-state index in [4.69, 9.17) is 9.47 Å². The van der Waals surface area contributed by atoms with Crippen molar-refractivity contribution < 1.29 is 9.47 Å². The van der Waals surface area contributed by atoms with E-state index in [9.17, 15) is 0 Å². The summed E-state index contributed by atoms with van der Waals surface area (Å²) in [5.41, 5.74) is 0.936. The molecule has 68 valence electrons. The van der Waals surface area contributed by atoms with Crippen LogP contribution < -0.4 is 0 Å². The third-order valence-electron chi connectivity index (χ3n) is 1.19. The van der Waals surface area contributed by atoms with Gasteiger partial charge < -0.3 is 9.47 Å². The van der Waals surface area contributed by atoms with Crippen LogP contribution in [0.25, 0.3) is 0 Å². The van der Waals surface area contributed by atoms with Crippen LogP contribution in [0.2, 0.25) is 0 Å². The average molecular weight is 168 g/mol. The Bertz CT molecular complexity index is 159. The van der Waals surface area contributed by atoms with E-state index < -0.39 is 0 Å². The lowest BCUT2D eigenvalue weighted by Crippen LogP contribution is -2.03. The molecule has 0 aliphatic heterocycles. The summed E-state index contributed by atoms with van der Waals surface area (Å²) >= 11 is 0. The highest BCUT2D eigenvalue weighted by atomic mass is 16.5. The highest BCUT2D eigenvalue weighted by Crippen LogP contribution is 1.93. The zero-order chi connectivity index (χ0) is 9.23. The molecule has 12 heavy (non-hydrogen) atoms. The maximum absolute atomic E-state index is 5.22. The topological polar surface area (TPSA) is 18.5 Å². The highest BCUT2D eigenvalue weighted by Gasteiger charge is 1.88. The number of ether oxygens (including phenoxy) is 2. The van der Waals surface area contributed by atoms with Gasteiger partial charge in [0.25, 0.3) is 0 Å². The van der Waals surface area contributed by atoms with Crippen molar-refractivity contribution in [1.82, 2.24) is 0 Å². The highest BCUT2D eigenvalue weighted by molar-refractivity contribution is 5.18. The van der Waals surface area contributed by atoms with Gasteiger partial charge in [-0.05, 0) is 5.57 Å². The first kappa shape index (κ1) is 11.1. The molecule has 0 saturated carbocycles. The van der Waals surface area contributed by atoms with Gasteiger partial charge in [-0.1, -0.05) is 31.4 Å². The van der Waals surface area contributed by atoms with Crippen molar-refractivity contribution in [2.45, 2.75) is 0 Å². The van der Waals surface area contributed by atoms with Crippen molar-refractivity contribution in [3.8, 4) is 0 Å². The molecule has 2 heteroatoms. The number of hydrogen-bond donors (Lipinski definition) is 0. The molecule has 0 rings (SSSR count). The SMILES string of the molecule is C=C/C=C\C(=C)COCCOC. The molecule has 0 radical (unpaired) electrons. The van der Waals surface area contributed by atoms with Crippen molar-refractivity contribution >= 4 is 0 Å². The van der Waals surface area contributed by atoms with Gasteiger partial charge in [-0.3, -0.25) is 0 Å². The second-order valence-corrected chi connectivity index (χ2v) is 2.30. The molecule has 0 aliphatic carbocycles. The summed E-state index contributed by atoms with van der Waals surface area (Å²) in [6.07, 6.45) is 5.42. The Morgan fingerprint density at radius 3 is 2.75 bits per heavy atom. The van der Waals surface area contributed by atoms with Crippen molar-refractivity contribution in [2.75, 3.05) is 26.9 Å². The Kier molecular flexibility index (Phi) is 7.65. The molecule has 0 spiro atoms. The van der Waals surface area contributed by atoms with Crippen LogP contribution in [0.15, 0.2) is 37.0 Å². The molecular weight excluding hydrogens is 152 g/mol. The molecule has 2 nitrogen and oxygen atoms in total. The monoisotopic (exact) mass is 168 g/mol. The molecule has 0 aliphatic rings. The Morgan fingerprint density at radius 2 is 2.17 bits per heavy atom. The quantitative estimate of drug-likeness (QED) is 0.427. The Labute approximate surface area is 74.2 Å². The summed E-state index contributed by atoms with van der Waals surface area (Å²) in [6.45, 7) is 9.12. The number of rotatable bonds is 7. The fourth-order valence-corrected chi connectivity index (χ4v) is 0.598. The van der Waals surface area contributed by atoms with E-state index in [1.54, 1.807) is 13.2 Å². The Morgan fingerprint density at radius 1 is 1.42 bits per heavy atom. The second kappa shape index (κ2) is 8.24. The van der Waals surface area contributed by atoms with Gasteiger partial charge in [-0.2, -0.15) is 0 Å². The van der Waals surface area contributed by atoms with E-state index in [0.717, 1.165) is 5.57 Å². The maximum Gasteiger partial charge on any atom is 0.0712 e. The maximum atomic E-state index is 5.22. The first-order valence-corrected chi connectivity index (χ1v) is 3.84. The van der Waals surface area contributed by atoms with Gasteiger partial charge in [0.15, 0.2) is 0 Å². The predicted octanol–water partition coefficient (Wildman–Crippen LogP) is 1.95. The Hall–Kier alpha value is -0.860. The molecule has 0 aromatic rings. The van der Waals surface area contributed by atoms with E-state index in [2.05, 4.69) is 13.2 Å². The van der Waals surface area contributed by atoms with Gasteiger partial charge in [-0.25, -0.2) is 0 Å². The first-order valence-electron chi connectivity index (χ1n) is 3.84. The van der Waals surface area contributed by atoms with Crippen LogP contribution in [0, 0.1) is 0 Å². The van der Waals surface area contributed by atoms with Crippen molar-refractivity contribution in [2.24, 2.45) is 0 Å². The van der Waals surface area contributed by atoms with Gasteiger partial charge in [0.2, 0.25) is 0 Å². The van der Waals surface area contributed by atoms with Crippen LogP contribution in [-0.4, -0.2) is 26.9 Å². The molecular formula is C10H16O2. The van der Waals surface area contributed by atoms with Crippen LogP contribution in [0.4, 0.5) is 0 Å². The van der Waals surface area contributed by atoms with E-state index in [1.807, 2.05) is 12.2 Å². The van der Waals surface area contributed by atoms with Crippen molar-refractivity contribution in [3.63, 3.8) is 0 Å². The van der Waals surface area contributed by atoms with Gasteiger partial charge in [0, 0.05) is 7.11 Å². The molecule has 0 fully saturated rings. The van der Waals surface area contributed by atoms with Crippen LogP contribution in [0.5, 0.6) is 0 Å². The van der Waals surface area contributed by atoms with Crippen molar-refractivity contribution in [1.29, 1.82) is 0 Å². The fraction of sp³-hybridized carbons (Fsp3) is 0.400. The summed E-state index contributed by atoms with van der Waals surface area (Å²) < 4.78 is 10.0. The lowest BCUT2D eigenvalue weighted by Gasteiger charge is -2.02. The standard InChI is InChI=1S/C10H16O2/c1-4-5-6-10(2)9-12-8-7-11-3/h4-6H,1-2,7-9H2,3H3/b6-5-. The molecule has 0 N–H and O–H groups in total. The largest absolute Gasteiger partial charge is 0.382 e. The summed E-state index contributed by atoms with van der Waals surface area (Å²) in [4.78, 5) is 0. The molecule has 0 heterocycles. The lowest BCUT2D eigenvalue weighted by molar-refractivity contribution is 0.0833. The molecule has 0 amide bonds. The normalized spacial score (nSPS) is 10.4. The van der Waals surface area contributed by atoms with Crippen LogP contribution in [0.3, 0.4) is 0 Å². The third kappa shape index (κ3) is 7.25. The molecule has 0 bridgehead atoms. The number of methoxy groups -OCH3 is 1. The molecule has 0 aromatic carbocycles. The van der Waals surface area contributed by atoms with Gasteiger partial charge in [0.1, 0.15) is 0 Å². The third-order valence-corrected chi connectivity index (χ3v) is 1.19. The van der Waals surface area contributed by atoms with Gasteiger partial charge in [0.05, 0.1) is 19.8 Å². The minimum absolute atomic E-state index is 0.549. The molecule has 0 atom stereocenters. The minimum Gasteiger partial charge on any atom is -0.382 e. The zero-order valence-electron chi connectivity index (χ0n) is 7.58. The van der Waals surface area contributed by atoms with Crippen LogP contribution in [0.1, 0.15) is 0 Å². The van der Waals surface area contributed by atoms with Crippen LogP contribution in [-0.2, 0) is 9.47 Å². The molecule has 0 aromatic heterocycles. The second-order valence-electron chi connectivity index (χ2n) is 2.30. The average Bonchev–Trinajstić information content (AvgIpc) is 2.09. The first-order chi connectivity index (χ1) is 5.81. The minimum atomic E-state index is 0.549. The predicted molar refractivity (Wildman–Crippen MR) is 51.2 cm³/mol. The molecule has 0 unspecified atom stereocenters. The fourth-order valence-electron chi connectivity index (χ4n) is 0.598. The lowest BCUT2D eigenvalue weighted by atomic mass is 10.3. The van der Waals surface area contributed by atoms with Gasteiger partial charge in [-0.15, -0.1) is 0 Å².